The van der Waals surface area contributed by atoms with Gasteiger partial charge in [-0.15, -0.1) is 11.3 Å². The van der Waals surface area contributed by atoms with Crippen LogP contribution in [-0.4, -0.2) is 29.6 Å². The van der Waals surface area contributed by atoms with Crippen LogP contribution >= 0.6 is 11.3 Å². The predicted molar refractivity (Wildman–Crippen MR) is 74.2 cm³/mol. The Bertz CT molecular complexity index is 454. The van der Waals surface area contributed by atoms with Gasteiger partial charge in [0, 0.05) is 35.2 Å². The number of rotatable bonds is 4. The summed E-state index contributed by atoms with van der Waals surface area (Å²) in [6.07, 6.45) is 0.497. The van der Waals surface area contributed by atoms with E-state index < -0.39 is 0 Å². The third-order valence-electron chi connectivity index (χ3n) is 2.39. The first-order chi connectivity index (χ1) is 8.54. The van der Waals surface area contributed by atoms with Gasteiger partial charge in [0.2, 0.25) is 5.91 Å². The lowest BCUT2D eigenvalue weighted by Crippen LogP contribution is -2.29. The number of hydrogen-bond donors (Lipinski definition) is 1. The highest BCUT2D eigenvalue weighted by molar-refractivity contribution is 7.10. The van der Waals surface area contributed by atoms with E-state index in [1.165, 1.54) is 0 Å². The van der Waals surface area contributed by atoms with E-state index in [0.29, 0.717) is 13.0 Å². The van der Waals surface area contributed by atoms with Gasteiger partial charge in [-0.1, -0.05) is 25.7 Å². The molecule has 1 heterocycles. The second-order valence-electron chi connectivity index (χ2n) is 4.43. The van der Waals surface area contributed by atoms with E-state index in [1.54, 1.807) is 16.2 Å². The van der Waals surface area contributed by atoms with Crippen molar-refractivity contribution >= 4 is 17.2 Å². The molecule has 0 aliphatic carbocycles. The molecule has 0 atom stereocenters. The summed E-state index contributed by atoms with van der Waals surface area (Å²) in [5, 5.41) is 10.6. The van der Waals surface area contributed by atoms with Crippen molar-refractivity contribution in [2.75, 3.05) is 13.7 Å². The minimum Gasteiger partial charge on any atom is -0.395 e. The zero-order chi connectivity index (χ0) is 13.5. The van der Waals surface area contributed by atoms with E-state index in [0.717, 1.165) is 10.4 Å². The number of amides is 1. The molecule has 0 spiro atoms. The lowest BCUT2D eigenvalue weighted by molar-refractivity contribution is -0.133. The number of aliphatic hydroxyl groups excluding tert-OH is 1. The molecule has 18 heavy (non-hydrogen) atoms. The van der Waals surface area contributed by atoms with Crippen LogP contribution in [0.4, 0.5) is 0 Å². The molecule has 0 aromatic carbocycles. The second-order valence-corrected chi connectivity index (χ2v) is 5.42. The maximum absolute atomic E-state index is 11.7. The van der Waals surface area contributed by atoms with Gasteiger partial charge >= 0.3 is 0 Å². The van der Waals surface area contributed by atoms with Gasteiger partial charge in [-0.25, -0.2) is 0 Å². The van der Waals surface area contributed by atoms with Crippen LogP contribution in [0.25, 0.3) is 0 Å². The smallest absolute Gasteiger partial charge is 0.225 e. The zero-order valence-corrected chi connectivity index (χ0v) is 11.9. The fourth-order valence-corrected chi connectivity index (χ4v) is 2.37. The lowest BCUT2D eigenvalue weighted by atomic mass is 10.2. The summed E-state index contributed by atoms with van der Waals surface area (Å²) in [7, 11) is 1.82. The average Bonchev–Trinajstić information content (AvgIpc) is 2.76. The summed E-state index contributed by atoms with van der Waals surface area (Å²) in [5.74, 6) is 6.05. The summed E-state index contributed by atoms with van der Waals surface area (Å²) >= 11 is 1.61. The number of hydrogen-bond acceptors (Lipinski definition) is 3. The van der Waals surface area contributed by atoms with Crippen LogP contribution < -0.4 is 0 Å². The Labute approximate surface area is 112 Å². The highest BCUT2D eigenvalue weighted by Crippen LogP contribution is 2.16. The third-order valence-corrected chi connectivity index (χ3v) is 3.31. The third kappa shape index (κ3) is 4.52. The molecule has 1 N–H and O–H groups in total. The van der Waals surface area contributed by atoms with Gasteiger partial charge < -0.3 is 10.0 Å². The van der Waals surface area contributed by atoms with E-state index in [4.69, 9.17) is 5.11 Å². The van der Waals surface area contributed by atoms with E-state index in [9.17, 15) is 4.79 Å². The Kier molecular flexibility index (Phi) is 5.90. The number of carbonyl (C=O) groups excluding carboxylic acids is 1. The topological polar surface area (TPSA) is 40.5 Å². The standard InChI is InChI=1S/C14H19NO2S/c1-11(2)14(17)15(3)9-13-8-12(10-18-13)6-4-5-7-16/h8,10-11,16H,5,7,9H2,1-3H3. The Morgan fingerprint density at radius 3 is 2.89 bits per heavy atom. The summed E-state index contributed by atoms with van der Waals surface area (Å²) < 4.78 is 0. The first-order valence-electron chi connectivity index (χ1n) is 5.96. The molecule has 0 unspecified atom stereocenters. The van der Waals surface area contributed by atoms with E-state index in [2.05, 4.69) is 11.8 Å². The maximum atomic E-state index is 11.7. The fourth-order valence-electron chi connectivity index (χ4n) is 1.50. The minimum absolute atomic E-state index is 0.0266. The highest BCUT2D eigenvalue weighted by Gasteiger charge is 2.13. The van der Waals surface area contributed by atoms with E-state index in [-0.39, 0.29) is 18.4 Å². The van der Waals surface area contributed by atoms with Crippen molar-refractivity contribution in [1.29, 1.82) is 0 Å². The molecule has 1 aromatic heterocycles. The van der Waals surface area contributed by atoms with Gasteiger partial charge in [0.15, 0.2) is 0 Å². The van der Waals surface area contributed by atoms with Gasteiger partial charge in [-0.05, 0) is 6.07 Å². The lowest BCUT2D eigenvalue weighted by Gasteiger charge is -2.18. The Morgan fingerprint density at radius 1 is 1.56 bits per heavy atom. The Hall–Kier alpha value is -1.31. The normalized spacial score (nSPS) is 10.1. The maximum Gasteiger partial charge on any atom is 0.225 e. The molecule has 0 saturated heterocycles. The molecule has 4 heteroatoms. The van der Waals surface area contributed by atoms with Gasteiger partial charge in [0.1, 0.15) is 0 Å². The summed E-state index contributed by atoms with van der Waals surface area (Å²) in [5.41, 5.74) is 0.953. The monoisotopic (exact) mass is 265 g/mol. The molecule has 3 nitrogen and oxygen atoms in total. The molecule has 0 aliphatic heterocycles. The molecule has 0 bridgehead atoms. The predicted octanol–water partition coefficient (Wildman–Crippen LogP) is 2.10. The minimum atomic E-state index is 0.0266. The molecular weight excluding hydrogens is 246 g/mol. The first-order valence-corrected chi connectivity index (χ1v) is 6.84. The largest absolute Gasteiger partial charge is 0.395 e. The van der Waals surface area contributed by atoms with Gasteiger partial charge in [0.05, 0.1) is 13.2 Å². The van der Waals surface area contributed by atoms with Crippen LogP contribution in [-0.2, 0) is 11.3 Å². The van der Waals surface area contributed by atoms with Crippen LogP contribution in [0.1, 0.15) is 30.7 Å². The van der Waals surface area contributed by atoms with Crippen molar-refractivity contribution in [3.8, 4) is 11.8 Å². The molecule has 0 aliphatic rings. The van der Waals surface area contributed by atoms with Crippen molar-refractivity contribution in [2.45, 2.75) is 26.8 Å². The molecule has 0 saturated carbocycles. The Morgan fingerprint density at radius 2 is 2.28 bits per heavy atom. The Balaban J connectivity index is 2.59. The fraction of sp³-hybridized carbons (Fsp3) is 0.500. The summed E-state index contributed by atoms with van der Waals surface area (Å²) in [4.78, 5) is 14.6. The summed E-state index contributed by atoms with van der Waals surface area (Å²) in [6, 6.07) is 2.00. The molecule has 0 radical (unpaired) electrons. The molecule has 1 aromatic rings. The van der Waals surface area contributed by atoms with Crippen molar-refractivity contribution in [1.82, 2.24) is 4.90 Å². The molecule has 0 fully saturated rings. The van der Waals surface area contributed by atoms with Crippen LogP contribution in [0.15, 0.2) is 11.4 Å². The number of nitrogens with zero attached hydrogens (tertiary/aromatic N) is 1. The average molecular weight is 265 g/mol. The molecule has 1 rings (SSSR count). The van der Waals surface area contributed by atoms with Crippen LogP contribution in [0, 0.1) is 17.8 Å². The number of thiophene rings is 1. The van der Waals surface area contributed by atoms with Crippen LogP contribution in [0.5, 0.6) is 0 Å². The zero-order valence-electron chi connectivity index (χ0n) is 11.1. The van der Waals surface area contributed by atoms with Crippen molar-refractivity contribution in [2.24, 2.45) is 5.92 Å². The molecular formula is C14H19NO2S. The molecule has 98 valence electrons. The van der Waals surface area contributed by atoms with Crippen molar-refractivity contribution < 1.29 is 9.90 Å². The number of aliphatic hydroxyl groups is 1. The van der Waals surface area contributed by atoms with Crippen molar-refractivity contribution in [3.63, 3.8) is 0 Å². The second kappa shape index (κ2) is 7.20. The SMILES string of the molecule is CC(C)C(=O)N(C)Cc1cc(C#CCCO)cs1. The van der Waals surface area contributed by atoms with Crippen LogP contribution in [0.3, 0.4) is 0 Å². The van der Waals surface area contributed by atoms with Gasteiger partial charge in [0.25, 0.3) is 0 Å². The quantitative estimate of drug-likeness (QED) is 0.847. The van der Waals surface area contributed by atoms with E-state index >= 15 is 0 Å². The number of carbonyl (C=O) groups is 1. The molecule has 1 amide bonds. The van der Waals surface area contributed by atoms with Crippen LogP contribution in [0.2, 0.25) is 0 Å². The summed E-state index contributed by atoms with van der Waals surface area (Å²) in [6.45, 7) is 4.52. The highest BCUT2D eigenvalue weighted by atomic mass is 32.1. The first kappa shape index (κ1) is 14.7. The van der Waals surface area contributed by atoms with E-state index in [1.807, 2.05) is 32.3 Å². The van der Waals surface area contributed by atoms with Gasteiger partial charge in [-0.3, -0.25) is 4.79 Å². The van der Waals surface area contributed by atoms with Gasteiger partial charge in [-0.2, -0.15) is 0 Å². The van der Waals surface area contributed by atoms with Crippen molar-refractivity contribution in [3.05, 3.63) is 21.9 Å².